The molecule has 1 amide bonds. The maximum absolute atomic E-state index is 13.1. The number of pyridine rings is 1. The van der Waals surface area contributed by atoms with Gasteiger partial charge >= 0.3 is 0 Å². The van der Waals surface area contributed by atoms with Crippen molar-refractivity contribution in [3.05, 3.63) is 62.0 Å². The summed E-state index contributed by atoms with van der Waals surface area (Å²) < 4.78 is 1.86. The maximum Gasteiger partial charge on any atom is 0.254 e. The highest BCUT2D eigenvalue weighted by Crippen LogP contribution is 2.22. The molecule has 4 aromatic rings. The van der Waals surface area contributed by atoms with E-state index in [1.54, 1.807) is 40.8 Å². The summed E-state index contributed by atoms with van der Waals surface area (Å²) in [6, 6.07) is 5.93. The molecule has 0 unspecified atom stereocenters. The average molecular weight is 398 g/mol. The number of hydrogen-bond acceptors (Lipinski definition) is 6. The number of fused-ring (bicyclic) bond motifs is 1. The molecule has 27 heavy (non-hydrogen) atoms. The molecule has 4 heterocycles. The molecule has 0 fully saturated rings. The molecule has 0 aliphatic heterocycles. The van der Waals surface area contributed by atoms with Crippen LogP contribution in [0.2, 0.25) is 0 Å². The number of rotatable bonds is 5. The first kappa shape index (κ1) is 17.8. The standard InChI is InChI=1S/C19H19N5OS2/c1-12-7-16(19(25)23(3)9-14-11-27-13(2)22-14)17-8-20-24(18(17)21-12)10-15-5-4-6-26-15/h4-8,11H,9-10H2,1-3H3. The summed E-state index contributed by atoms with van der Waals surface area (Å²) in [5.74, 6) is -0.0492. The highest BCUT2D eigenvalue weighted by Gasteiger charge is 2.20. The second kappa shape index (κ2) is 7.21. The molecule has 0 saturated heterocycles. The minimum Gasteiger partial charge on any atom is -0.336 e. The molecule has 0 aromatic carbocycles. The van der Waals surface area contributed by atoms with Gasteiger partial charge in [0.15, 0.2) is 5.65 Å². The zero-order valence-electron chi connectivity index (χ0n) is 15.3. The van der Waals surface area contributed by atoms with Crippen LogP contribution in [0.25, 0.3) is 11.0 Å². The molecule has 0 aliphatic rings. The number of thiazole rings is 1. The SMILES string of the molecule is Cc1cc(C(=O)N(C)Cc2csc(C)n2)c2cnn(Cc3cccs3)c2n1. The van der Waals surface area contributed by atoms with Gasteiger partial charge in [-0.3, -0.25) is 4.79 Å². The molecule has 0 spiro atoms. The molecule has 0 atom stereocenters. The molecule has 6 nitrogen and oxygen atoms in total. The fraction of sp³-hybridized carbons (Fsp3) is 0.263. The monoisotopic (exact) mass is 397 g/mol. The van der Waals surface area contributed by atoms with E-state index in [1.165, 1.54) is 4.88 Å². The molecular weight excluding hydrogens is 378 g/mol. The first-order chi connectivity index (χ1) is 13.0. The lowest BCUT2D eigenvalue weighted by Crippen LogP contribution is -2.26. The van der Waals surface area contributed by atoms with Crippen molar-refractivity contribution in [1.82, 2.24) is 24.6 Å². The van der Waals surface area contributed by atoms with Gasteiger partial charge in [0.1, 0.15) is 0 Å². The van der Waals surface area contributed by atoms with Crippen molar-refractivity contribution >= 4 is 39.6 Å². The van der Waals surface area contributed by atoms with Crippen LogP contribution in [0.1, 0.15) is 31.6 Å². The number of nitrogens with zero attached hydrogens (tertiary/aromatic N) is 5. The molecule has 0 bridgehead atoms. The van der Waals surface area contributed by atoms with Crippen molar-refractivity contribution in [2.75, 3.05) is 7.05 Å². The Morgan fingerprint density at radius 3 is 2.81 bits per heavy atom. The number of hydrogen-bond donors (Lipinski definition) is 0. The number of amides is 1. The molecule has 0 radical (unpaired) electrons. The lowest BCUT2D eigenvalue weighted by Gasteiger charge is -2.17. The number of carbonyl (C=O) groups excluding carboxylic acids is 1. The maximum atomic E-state index is 13.1. The van der Waals surface area contributed by atoms with Crippen molar-refractivity contribution in [1.29, 1.82) is 0 Å². The summed E-state index contributed by atoms with van der Waals surface area (Å²) in [4.78, 5) is 25.1. The molecule has 0 saturated carbocycles. The molecule has 4 rings (SSSR count). The van der Waals surface area contributed by atoms with Gasteiger partial charge in [-0.15, -0.1) is 22.7 Å². The van der Waals surface area contributed by atoms with Crippen LogP contribution in [-0.2, 0) is 13.1 Å². The first-order valence-corrected chi connectivity index (χ1v) is 10.3. The zero-order chi connectivity index (χ0) is 19.0. The topological polar surface area (TPSA) is 63.9 Å². The number of aromatic nitrogens is 4. The van der Waals surface area contributed by atoms with Crippen molar-refractivity contribution in [2.24, 2.45) is 0 Å². The summed E-state index contributed by atoms with van der Waals surface area (Å²) in [5, 5.41) is 10.3. The molecule has 4 aromatic heterocycles. The third-order valence-electron chi connectivity index (χ3n) is 4.27. The fourth-order valence-electron chi connectivity index (χ4n) is 3.02. The Balaban J connectivity index is 1.66. The smallest absolute Gasteiger partial charge is 0.254 e. The lowest BCUT2D eigenvalue weighted by atomic mass is 10.1. The number of carbonyl (C=O) groups is 1. The third-order valence-corrected chi connectivity index (χ3v) is 5.95. The van der Waals surface area contributed by atoms with Gasteiger partial charge in [0.25, 0.3) is 5.91 Å². The van der Waals surface area contributed by atoms with Crippen LogP contribution in [0, 0.1) is 13.8 Å². The van der Waals surface area contributed by atoms with E-state index in [9.17, 15) is 4.79 Å². The van der Waals surface area contributed by atoms with Gasteiger partial charge in [0.2, 0.25) is 0 Å². The Labute approximate surface area is 165 Å². The van der Waals surface area contributed by atoms with Crippen molar-refractivity contribution in [3.63, 3.8) is 0 Å². The number of thiophene rings is 1. The van der Waals surface area contributed by atoms with Gasteiger partial charge in [0, 0.05) is 23.0 Å². The summed E-state index contributed by atoms with van der Waals surface area (Å²) in [6.07, 6.45) is 1.74. The molecule has 8 heteroatoms. The normalized spacial score (nSPS) is 11.2. The summed E-state index contributed by atoms with van der Waals surface area (Å²) in [7, 11) is 1.80. The van der Waals surface area contributed by atoms with Crippen molar-refractivity contribution in [3.8, 4) is 0 Å². The highest BCUT2D eigenvalue weighted by molar-refractivity contribution is 7.10. The summed E-state index contributed by atoms with van der Waals surface area (Å²) in [5.41, 5.74) is 3.08. The van der Waals surface area contributed by atoms with Crippen LogP contribution in [0.3, 0.4) is 0 Å². The van der Waals surface area contributed by atoms with Crippen LogP contribution >= 0.6 is 22.7 Å². The number of aryl methyl sites for hydroxylation is 2. The molecular formula is C19H19N5OS2. The third kappa shape index (κ3) is 3.63. The Hall–Kier alpha value is -2.58. The van der Waals surface area contributed by atoms with Crippen LogP contribution in [0.15, 0.2) is 35.2 Å². The van der Waals surface area contributed by atoms with E-state index >= 15 is 0 Å². The van der Waals surface area contributed by atoms with E-state index < -0.39 is 0 Å². The van der Waals surface area contributed by atoms with Gasteiger partial charge in [0.05, 0.1) is 40.9 Å². The Morgan fingerprint density at radius 1 is 1.26 bits per heavy atom. The quantitative estimate of drug-likeness (QED) is 0.513. The molecule has 0 N–H and O–H groups in total. The van der Waals surface area contributed by atoms with Gasteiger partial charge in [-0.05, 0) is 31.4 Å². The van der Waals surface area contributed by atoms with E-state index in [-0.39, 0.29) is 5.91 Å². The van der Waals surface area contributed by atoms with Crippen LogP contribution < -0.4 is 0 Å². The van der Waals surface area contributed by atoms with Crippen molar-refractivity contribution < 1.29 is 4.79 Å². The fourth-order valence-corrected chi connectivity index (χ4v) is 4.31. The van der Waals surface area contributed by atoms with Gasteiger partial charge < -0.3 is 4.90 Å². The minimum absolute atomic E-state index is 0.0492. The largest absolute Gasteiger partial charge is 0.336 e. The van der Waals surface area contributed by atoms with E-state index in [4.69, 9.17) is 0 Å². The second-order valence-electron chi connectivity index (χ2n) is 6.45. The van der Waals surface area contributed by atoms with Crippen LogP contribution in [0.5, 0.6) is 0 Å². The summed E-state index contributed by atoms with van der Waals surface area (Å²) >= 11 is 3.28. The van der Waals surface area contributed by atoms with E-state index in [1.807, 2.05) is 41.4 Å². The van der Waals surface area contributed by atoms with E-state index in [2.05, 4.69) is 21.1 Å². The molecule has 0 aliphatic carbocycles. The lowest BCUT2D eigenvalue weighted by molar-refractivity contribution is 0.0785. The van der Waals surface area contributed by atoms with Gasteiger partial charge in [-0.1, -0.05) is 6.07 Å². The Morgan fingerprint density at radius 2 is 2.11 bits per heavy atom. The zero-order valence-corrected chi connectivity index (χ0v) is 17.0. The minimum atomic E-state index is -0.0492. The average Bonchev–Trinajstić information content (AvgIpc) is 3.37. The summed E-state index contributed by atoms with van der Waals surface area (Å²) in [6.45, 7) is 5.00. The van der Waals surface area contributed by atoms with Crippen LogP contribution in [-0.4, -0.2) is 37.6 Å². The highest BCUT2D eigenvalue weighted by atomic mass is 32.1. The second-order valence-corrected chi connectivity index (χ2v) is 8.54. The van der Waals surface area contributed by atoms with Gasteiger partial charge in [-0.25, -0.2) is 14.6 Å². The van der Waals surface area contributed by atoms with Gasteiger partial charge in [-0.2, -0.15) is 5.10 Å². The Kier molecular flexibility index (Phi) is 4.75. The predicted octanol–water partition coefficient (Wildman–Crippen LogP) is 3.89. The van der Waals surface area contributed by atoms with Crippen LogP contribution in [0.4, 0.5) is 0 Å². The van der Waals surface area contributed by atoms with E-state index in [0.29, 0.717) is 18.7 Å². The predicted molar refractivity (Wildman–Crippen MR) is 108 cm³/mol. The Bertz CT molecular complexity index is 1100. The van der Waals surface area contributed by atoms with E-state index in [0.717, 1.165) is 27.4 Å². The first-order valence-electron chi connectivity index (χ1n) is 8.53. The molecule has 138 valence electrons. The van der Waals surface area contributed by atoms with Crippen molar-refractivity contribution in [2.45, 2.75) is 26.9 Å².